The molecular weight excluding hydrogens is 258 g/mol. The number of nitrogens with two attached hydrogens (primary N) is 1. The molecule has 6 nitrogen and oxygen atoms in total. The molecule has 0 spiro atoms. The summed E-state index contributed by atoms with van der Waals surface area (Å²) in [6, 6.07) is 6.59. The summed E-state index contributed by atoms with van der Waals surface area (Å²) < 4.78 is 5.29. The number of ether oxygens (including phenoxy) is 1. The van der Waals surface area contributed by atoms with Crippen molar-refractivity contribution in [2.75, 3.05) is 6.61 Å². The number of urea groups is 1. The van der Waals surface area contributed by atoms with Gasteiger partial charge in [0, 0.05) is 12.1 Å². The maximum Gasteiger partial charge on any atom is 0.321 e. The highest BCUT2D eigenvalue weighted by Gasteiger charge is 2.15. The number of hydrogen-bond donors (Lipinski definition) is 3. The Morgan fingerprint density at radius 2 is 2.00 bits per heavy atom. The second kappa shape index (κ2) is 6.91. The van der Waals surface area contributed by atoms with Crippen LogP contribution < -0.4 is 21.1 Å². The summed E-state index contributed by atoms with van der Waals surface area (Å²) in [6.45, 7) is 5.65. The summed E-state index contributed by atoms with van der Waals surface area (Å²) in [5.41, 5.74) is 6.02. The molecule has 0 aromatic heterocycles. The minimum absolute atomic E-state index is 0.231. The molecule has 0 saturated carbocycles. The Labute approximate surface area is 118 Å². The van der Waals surface area contributed by atoms with E-state index in [9.17, 15) is 9.59 Å². The lowest BCUT2D eigenvalue weighted by Gasteiger charge is -2.20. The van der Waals surface area contributed by atoms with Gasteiger partial charge in [0.1, 0.15) is 5.75 Å². The summed E-state index contributed by atoms with van der Waals surface area (Å²) in [5.74, 6) is 0.0317. The van der Waals surface area contributed by atoms with Gasteiger partial charge >= 0.3 is 6.03 Å². The highest BCUT2D eigenvalue weighted by Crippen LogP contribution is 2.12. The van der Waals surface area contributed by atoms with Crippen LogP contribution in [0.2, 0.25) is 0 Å². The van der Waals surface area contributed by atoms with Crippen molar-refractivity contribution >= 4 is 11.9 Å². The first kappa shape index (κ1) is 16.0. The van der Waals surface area contributed by atoms with Crippen LogP contribution in [0.15, 0.2) is 24.3 Å². The molecule has 20 heavy (non-hydrogen) atoms. The molecule has 1 rings (SSSR count). The van der Waals surface area contributed by atoms with Crippen molar-refractivity contribution in [3.63, 3.8) is 0 Å². The summed E-state index contributed by atoms with van der Waals surface area (Å²) in [7, 11) is 0. The van der Waals surface area contributed by atoms with Crippen LogP contribution >= 0.6 is 0 Å². The zero-order chi connectivity index (χ0) is 15.2. The van der Waals surface area contributed by atoms with E-state index < -0.39 is 17.5 Å². The van der Waals surface area contributed by atoms with E-state index in [-0.39, 0.29) is 6.61 Å². The average molecular weight is 279 g/mol. The van der Waals surface area contributed by atoms with Gasteiger partial charge in [-0.15, -0.1) is 0 Å². The van der Waals surface area contributed by atoms with Crippen molar-refractivity contribution in [1.29, 1.82) is 0 Å². The fraction of sp³-hybridized carbons (Fsp3) is 0.429. The van der Waals surface area contributed by atoms with Crippen molar-refractivity contribution < 1.29 is 14.3 Å². The van der Waals surface area contributed by atoms with Crippen LogP contribution in [0.25, 0.3) is 0 Å². The average Bonchev–Trinajstić information content (AvgIpc) is 2.34. The van der Waals surface area contributed by atoms with Crippen LogP contribution in [0.5, 0.6) is 5.75 Å². The topological polar surface area (TPSA) is 93.5 Å². The van der Waals surface area contributed by atoms with Gasteiger partial charge in [-0.3, -0.25) is 10.1 Å². The van der Waals surface area contributed by atoms with Crippen LogP contribution in [-0.4, -0.2) is 24.1 Å². The predicted octanol–water partition coefficient (Wildman–Crippen LogP) is 1.15. The van der Waals surface area contributed by atoms with Gasteiger partial charge in [-0.1, -0.05) is 12.1 Å². The Bertz CT molecular complexity index is 481. The molecule has 0 heterocycles. The molecule has 0 atom stereocenters. The minimum Gasteiger partial charge on any atom is -0.484 e. The van der Waals surface area contributed by atoms with Gasteiger partial charge in [-0.2, -0.15) is 0 Å². The first-order valence-corrected chi connectivity index (χ1v) is 6.34. The molecule has 0 unspecified atom stereocenters. The van der Waals surface area contributed by atoms with E-state index in [1.807, 2.05) is 26.8 Å². The van der Waals surface area contributed by atoms with Crippen molar-refractivity contribution in [2.24, 2.45) is 5.73 Å². The first-order chi connectivity index (χ1) is 9.30. The molecule has 0 aliphatic rings. The van der Waals surface area contributed by atoms with Gasteiger partial charge < -0.3 is 15.8 Å². The molecule has 0 saturated heterocycles. The Morgan fingerprint density at radius 1 is 1.30 bits per heavy atom. The molecular formula is C14H21N3O3. The zero-order valence-electron chi connectivity index (χ0n) is 12.0. The third-order valence-corrected chi connectivity index (χ3v) is 2.25. The summed E-state index contributed by atoms with van der Waals surface area (Å²) in [5, 5.41) is 4.82. The molecule has 1 aromatic carbocycles. The SMILES string of the molecule is CC(C)(C)NC(=O)NC(=O)COc1cccc(CN)c1. The molecule has 110 valence electrons. The normalized spacial score (nSPS) is 10.8. The van der Waals surface area contributed by atoms with Crippen molar-refractivity contribution in [3.05, 3.63) is 29.8 Å². The second-order valence-corrected chi connectivity index (χ2v) is 5.39. The lowest BCUT2D eigenvalue weighted by atomic mass is 10.1. The maximum atomic E-state index is 11.5. The second-order valence-electron chi connectivity index (χ2n) is 5.39. The summed E-state index contributed by atoms with van der Waals surface area (Å²) in [4.78, 5) is 23.0. The Hall–Kier alpha value is -2.08. The van der Waals surface area contributed by atoms with E-state index in [0.717, 1.165) is 5.56 Å². The van der Waals surface area contributed by atoms with Gasteiger partial charge in [0.15, 0.2) is 6.61 Å². The number of hydrogen-bond acceptors (Lipinski definition) is 4. The number of rotatable bonds is 4. The molecule has 0 aliphatic carbocycles. The minimum atomic E-state index is -0.540. The van der Waals surface area contributed by atoms with Crippen LogP contribution in [-0.2, 0) is 11.3 Å². The molecule has 0 fully saturated rings. The van der Waals surface area contributed by atoms with Crippen molar-refractivity contribution in [1.82, 2.24) is 10.6 Å². The number of carbonyl (C=O) groups excluding carboxylic acids is 2. The summed E-state index contributed by atoms with van der Waals surface area (Å²) >= 11 is 0. The summed E-state index contributed by atoms with van der Waals surface area (Å²) in [6.07, 6.45) is 0. The van der Waals surface area contributed by atoms with E-state index >= 15 is 0 Å². The van der Waals surface area contributed by atoms with E-state index in [1.54, 1.807) is 18.2 Å². The van der Waals surface area contributed by atoms with E-state index in [2.05, 4.69) is 10.6 Å². The number of nitrogens with one attached hydrogen (secondary N) is 2. The number of amides is 3. The van der Waals surface area contributed by atoms with E-state index in [1.165, 1.54) is 0 Å². The zero-order valence-corrected chi connectivity index (χ0v) is 12.0. The highest BCUT2D eigenvalue weighted by molar-refractivity contribution is 5.95. The van der Waals surface area contributed by atoms with Crippen LogP contribution in [0.4, 0.5) is 4.79 Å². The maximum absolute atomic E-state index is 11.5. The molecule has 1 aromatic rings. The van der Waals surface area contributed by atoms with Crippen LogP contribution in [0.3, 0.4) is 0 Å². The third-order valence-electron chi connectivity index (χ3n) is 2.25. The smallest absolute Gasteiger partial charge is 0.321 e. The molecule has 4 N–H and O–H groups in total. The molecule has 0 bridgehead atoms. The highest BCUT2D eigenvalue weighted by atomic mass is 16.5. The molecule has 0 aliphatic heterocycles. The first-order valence-electron chi connectivity index (χ1n) is 6.34. The number of imide groups is 1. The Kier molecular flexibility index (Phi) is 5.52. The predicted molar refractivity (Wildman–Crippen MR) is 76.3 cm³/mol. The molecule has 6 heteroatoms. The number of carbonyl (C=O) groups is 2. The lowest BCUT2D eigenvalue weighted by Crippen LogP contribution is -2.49. The van der Waals surface area contributed by atoms with Gasteiger partial charge in [-0.05, 0) is 38.5 Å². The fourth-order valence-electron chi connectivity index (χ4n) is 1.45. The number of benzene rings is 1. The standard InChI is InChI=1S/C14H21N3O3/c1-14(2,3)17-13(19)16-12(18)9-20-11-6-4-5-10(7-11)8-15/h4-7H,8-9,15H2,1-3H3,(H2,16,17,18,19). The van der Waals surface area contributed by atoms with Crippen LogP contribution in [0.1, 0.15) is 26.3 Å². The largest absolute Gasteiger partial charge is 0.484 e. The molecule has 3 amide bonds. The Morgan fingerprint density at radius 3 is 2.60 bits per heavy atom. The van der Waals surface area contributed by atoms with Gasteiger partial charge in [0.25, 0.3) is 5.91 Å². The van der Waals surface area contributed by atoms with Gasteiger partial charge in [-0.25, -0.2) is 4.79 Å². The van der Waals surface area contributed by atoms with E-state index in [0.29, 0.717) is 12.3 Å². The monoisotopic (exact) mass is 279 g/mol. The van der Waals surface area contributed by atoms with Crippen molar-refractivity contribution in [3.8, 4) is 5.75 Å². The third kappa shape index (κ3) is 6.19. The quantitative estimate of drug-likeness (QED) is 0.770. The van der Waals surface area contributed by atoms with Crippen LogP contribution in [0, 0.1) is 0 Å². The van der Waals surface area contributed by atoms with Gasteiger partial charge in [0.05, 0.1) is 0 Å². The Balaban J connectivity index is 2.41. The fourth-order valence-corrected chi connectivity index (χ4v) is 1.45. The van der Waals surface area contributed by atoms with Gasteiger partial charge in [0.2, 0.25) is 0 Å². The molecule has 0 radical (unpaired) electrons. The lowest BCUT2D eigenvalue weighted by molar-refractivity contribution is -0.122. The van der Waals surface area contributed by atoms with E-state index in [4.69, 9.17) is 10.5 Å². The van der Waals surface area contributed by atoms with Crippen molar-refractivity contribution in [2.45, 2.75) is 32.9 Å².